The third-order valence-electron chi connectivity index (χ3n) is 3.52. The quantitative estimate of drug-likeness (QED) is 0.211. The average molecular weight is 615 g/mol. The van der Waals surface area contributed by atoms with E-state index in [0.717, 1.165) is 30.4 Å². The first-order valence-electron chi connectivity index (χ1n) is 9.20. The van der Waals surface area contributed by atoms with Crippen LogP contribution >= 0.6 is 0 Å². The van der Waals surface area contributed by atoms with Gasteiger partial charge in [-0.2, -0.15) is 6.42 Å². The summed E-state index contributed by atoms with van der Waals surface area (Å²) < 4.78 is 0.958. The van der Waals surface area contributed by atoms with E-state index in [0.29, 0.717) is 25.2 Å². The van der Waals surface area contributed by atoms with E-state index in [9.17, 15) is 9.59 Å². The molecule has 26 heavy (non-hydrogen) atoms. The van der Waals surface area contributed by atoms with Crippen LogP contribution in [0.2, 0.25) is 0 Å². The molecular formula is C20H41ClN2O2U. The number of Topliss-reactive ketones (excluding diaryl/α,β-unsaturated/α-hetero) is 1. The number of nitrogens with zero attached hydrogens (tertiary/aromatic N) is 1. The number of halogens is 1. The molecule has 0 rings (SSSR count). The average Bonchev–Trinajstić information content (AvgIpc) is 2.47. The Balaban J connectivity index is -0.000000261. The fraction of sp³-hybridized carbons (Fsp3) is 0.800. The predicted octanol–water partition coefficient (Wildman–Crippen LogP) is 0.669. The molecule has 4 nitrogen and oxygen atoms in total. The van der Waals surface area contributed by atoms with Gasteiger partial charge in [-0.3, -0.25) is 11.7 Å². The summed E-state index contributed by atoms with van der Waals surface area (Å²) in [4.78, 5) is 22.8. The molecule has 6 heteroatoms. The smallest absolute Gasteiger partial charge is 1.00 e. The molecule has 0 radical (unpaired) electrons. The molecule has 0 saturated heterocycles. The van der Waals surface area contributed by atoms with Crippen LogP contribution in [0.5, 0.6) is 0 Å². The molecule has 0 bridgehead atoms. The first kappa shape index (κ1) is 34.0. The van der Waals surface area contributed by atoms with Gasteiger partial charge in [-0.1, -0.05) is 27.7 Å². The van der Waals surface area contributed by atoms with Crippen molar-refractivity contribution in [1.29, 1.82) is 0 Å². The molecule has 0 aliphatic rings. The van der Waals surface area contributed by atoms with E-state index in [1.165, 1.54) is 0 Å². The van der Waals surface area contributed by atoms with Crippen molar-refractivity contribution in [3.8, 4) is 0 Å². The van der Waals surface area contributed by atoms with Gasteiger partial charge in [0, 0.05) is 12.5 Å². The third kappa shape index (κ3) is 29.2. The number of rotatable bonds is 11. The van der Waals surface area contributed by atoms with E-state index in [-0.39, 0.29) is 61.1 Å². The first-order chi connectivity index (χ1) is 11.0. The monoisotopic (exact) mass is 614 g/mol. The minimum Gasteiger partial charge on any atom is -1.00 e. The zero-order valence-electron chi connectivity index (χ0n) is 18.0. The number of ketones is 1. The molecule has 0 aromatic rings. The van der Waals surface area contributed by atoms with Crippen molar-refractivity contribution in [3.05, 3.63) is 13.3 Å². The molecule has 0 heterocycles. The number of carbonyl (C=O) groups excluding carboxylic acids is 2. The minimum absolute atomic E-state index is 0. The predicted molar refractivity (Wildman–Crippen MR) is 103 cm³/mol. The molecule has 0 aromatic carbocycles. The molecule has 0 unspecified atom stereocenters. The van der Waals surface area contributed by atoms with E-state index < -0.39 is 0 Å². The van der Waals surface area contributed by atoms with Gasteiger partial charge in [0.2, 0.25) is 5.91 Å². The molecule has 0 aromatic heterocycles. The molecule has 1 amide bonds. The summed E-state index contributed by atoms with van der Waals surface area (Å²) in [5.41, 5.74) is 0. The summed E-state index contributed by atoms with van der Waals surface area (Å²) >= 11 is 0. The Hall–Kier alpha value is 0.442. The largest absolute Gasteiger partial charge is 2.00 e. The van der Waals surface area contributed by atoms with Crippen LogP contribution in [0, 0.1) is 56.3 Å². The number of amides is 1. The van der Waals surface area contributed by atoms with Gasteiger partial charge in [-0.05, 0) is 31.7 Å². The maximum atomic E-state index is 11.5. The number of nitrogens with one attached hydrogen (secondary N) is 1. The molecule has 0 spiro atoms. The van der Waals surface area contributed by atoms with Gasteiger partial charge in [0.15, 0.2) is 0 Å². The zero-order chi connectivity index (χ0) is 19.2. The summed E-state index contributed by atoms with van der Waals surface area (Å²) in [6.07, 6.45) is 5.77. The van der Waals surface area contributed by atoms with Gasteiger partial charge < -0.3 is 33.4 Å². The summed E-state index contributed by atoms with van der Waals surface area (Å²) in [6, 6.07) is 0. The van der Waals surface area contributed by atoms with Crippen LogP contribution in [-0.4, -0.2) is 50.4 Å². The maximum absolute atomic E-state index is 11.5. The van der Waals surface area contributed by atoms with Gasteiger partial charge in [-0.15, -0.1) is 6.42 Å². The Morgan fingerprint density at radius 1 is 1.12 bits per heavy atom. The van der Waals surface area contributed by atoms with Crippen LogP contribution in [0.4, 0.5) is 0 Å². The Morgan fingerprint density at radius 2 is 1.62 bits per heavy atom. The normalized spacial score (nSPS) is 10.4. The number of hydrogen-bond donors (Lipinski definition) is 1. The molecule has 1 N–H and O–H groups in total. The van der Waals surface area contributed by atoms with Crippen molar-refractivity contribution in [3.63, 3.8) is 0 Å². The van der Waals surface area contributed by atoms with Crippen LogP contribution in [-0.2, 0) is 9.59 Å². The number of unbranched alkanes of at least 4 members (excludes halogenated alkanes) is 1. The van der Waals surface area contributed by atoms with Crippen molar-refractivity contribution < 1.29 is 57.6 Å². The van der Waals surface area contributed by atoms with Crippen LogP contribution in [0.25, 0.3) is 0 Å². The third-order valence-corrected chi connectivity index (χ3v) is 3.52. The van der Waals surface area contributed by atoms with Gasteiger partial charge in [-0.25, -0.2) is 0 Å². The number of carbonyl (C=O) groups is 2. The van der Waals surface area contributed by atoms with Crippen molar-refractivity contribution in [2.24, 2.45) is 11.8 Å². The molecule has 154 valence electrons. The molecular weight excluding hydrogens is 574 g/mol. The number of quaternary nitrogens is 1. The minimum atomic E-state index is 0. The fourth-order valence-electron chi connectivity index (χ4n) is 1.54. The van der Waals surface area contributed by atoms with E-state index in [1.54, 1.807) is 0 Å². The first-order valence-corrected chi connectivity index (χ1v) is 9.20. The summed E-state index contributed by atoms with van der Waals surface area (Å²) in [5.74, 6) is 1.11. The molecule has 0 aliphatic heterocycles. The van der Waals surface area contributed by atoms with Gasteiger partial charge in [0.1, 0.15) is 5.78 Å². The number of hydrogen-bond acceptors (Lipinski definition) is 2. The van der Waals surface area contributed by atoms with E-state index in [4.69, 9.17) is 0 Å². The summed E-state index contributed by atoms with van der Waals surface area (Å²) in [6.45, 7) is 13.6. The van der Waals surface area contributed by atoms with Crippen molar-refractivity contribution in [2.45, 2.75) is 59.8 Å². The second kappa shape index (κ2) is 20.2. The maximum Gasteiger partial charge on any atom is 2.00 e. The Bertz CT molecular complexity index is 343. The van der Waals surface area contributed by atoms with Crippen LogP contribution in [0.1, 0.15) is 59.8 Å². The zero-order valence-corrected chi connectivity index (χ0v) is 23.0. The van der Waals surface area contributed by atoms with Gasteiger partial charge in [0.25, 0.3) is 0 Å². The van der Waals surface area contributed by atoms with E-state index in [1.807, 2.05) is 20.3 Å². The van der Waals surface area contributed by atoms with E-state index in [2.05, 4.69) is 47.2 Å². The SMILES string of the molecule is CC(C)CCCNC(=O)CC[CH-]CC(=O)C(C)C.[CH2-]C[N+](C)(C)C.[Cl-].[U+2]. The van der Waals surface area contributed by atoms with E-state index >= 15 is 0 Å². The second-order valence-corrected chi connectivity index (χ2v) is 8.05. The van der Waals surface area contributed by atoms with Crippen molar-refractivity contribution in [2.75, 3.05) is 34.2 Å². The summed E-state index contributed by atoms with van der Waals surface area (Å²) in [5, 5.41) is 2.91. The van der Waals surface area contributed by atoms with Crippen LogP contribution in [0.3, 0.4) is 0 Å². The topological polar surface area (TPSA) is 46.2 Å². The van der Waals surface area contributed by atoms with Crippen LogP contribution in [0.15, 0.2) is 0 Å². The Labute approximate surface area is 193 Å². The van der Waals surface area contributed by atoms with Crippen molar-refractivity contribution in [1.82, 2.24) is 5.32 Å². The standard InChI is InChI=1S/C15H28NO2.C5H13N.ClH.U/c1-12(2)8-7-11-16-15(18)10-6-5-9-14(17)13(3)4;1-5-6(2,3)4;;/h5,12-13H,6-11H2,1-4H3,(H,16,18);1,5H2,2-4H3;1H;/q-1;;;+2/p-1. The second-order valence-electron chi connectivity index (χ2n) is 8.05. The van der Waals surface area contributed by atoms with Crippen molar-refractivity contribution >= 4 is 11.7 Å². The Kier molecular flexibility index (Phi) is 26.4. The fourth-order valence-corrected chi connectivity index (χ4v) is 1.54. The molecule has 0 aliphatic carbocycles. The molecule has 0 saturated carbocycles. The van der Waals surface area contributed by atoms with Crippen LogP contribution < -0.4 is 17.7 Å². The molecule has 0 fully saturated rings. The summed E-state index contributed by atoms with van der Waals surface area (Å²) in [7, 11) is 6.35. The molecule has 0 atom stereocenters. The van der Waals surface area contributed by atoms with Gasteiger partial charge >= 0.3 is 31.1 Å². The van der Waals surface area contributed by atoms with Gasteiger partial charge in [0.05, 0.1) is 21.1 Å². The Morgan fingerprint density at radius 3 is 2.00 bits per heavy atom.